The standard InChI is InChI=1S/C7H10N2O2/c1-11-5-2-3-6(8)7(4-5)9-10/h2-4,9-10H,8H2,1H3. The molecular formula is C7H10N2O2. The number of nitrogens with one attached hydrogen (secondary N) is 1. The molecular weight excluding hydrogens is 144 g/mol. The van der Waals surface area contributed by atoms with Crippen LogP contribution in [-0.4, -0.2) is 12.3 Å². The monoisotopic (exact) mass is 154 g/mol. The first kappa shape index (κ1) is 7.68. The van der Waals surface area contributed by atoms with E-state index in [1.165, 1.54) is 0 Å². The van der Waals surface area contributed by atoms with E-state index in [9.17, 15) is 0 Å². The molecule has 0 bridgehead atoms. The van der Waals surface area contributed by atoms with Crippen LogP contribution in [0.25, 0.3) is 0 Å². The van der Waals surface area contributed by atoms with E-state index < -0.39 is 0 Å². The first-order valence-corrected chi connectivity index (χ1v) is 3.11. The molecule has 0 saturated heterocycles. The van der Waals surface area contributed by atoms with Crippen LogP contribution in [0.1, 0.15) is 0 Å². The Labute approximate surface area is 64.5 Å². The number of nitrogens with two attached hydrogens (primary N) is 1. The lowest BCUT2D eigenvalue weighted by molar-refractivity contribution is 0.386. The van der Waals surface area contributed by atoms with Crippen LogP contribution in [0.2, 0.25) is 0 Å². The highest BCUT2D eigenvalue weighted by Crippen LogP contribution is 2.23. The minimum absolute atomic E-state index is 0.448. The van der Waals surface area contributed by atoms with Gasteiger partial charge < -0.3 is 10.5 Å². The van der Waals surface area contributed by atoms with Crippen LogP contribution in [-0.2, 0) is 0 Å². The number of hydrogen-bond donors (Lipinski definition) is 3. The van der Waals surface area contributed by atoms with Crippen LogP contribution in [0.4, 0.5) is 11.4 Å². The fourth-order valence-electron chi connectivity index (χ4n) is 0.759. The first-order valence-electron chi connectivity index (χ1n) is 3.11. The van der Waals surface area contributed by atoms with Gasteiger partial charge in [0, 0.05) is 6.07 Å². The number of nitrogen functional groups attached to an aromatic ring is 1. The third-order valence-corrected chi connectivity index (χ3v) is 1.38. The zero-order chi connectivity index (χ0) is 8.27. The van der Waals surface area contributed by atoms with Crippen LogP contribution >= 0.6 is 0 Å². The second kappa shape index (κ2) is 3.12. The zero-order valence-corrected chi connectivity index (χ0v) is 6.16. The Morgan fingerprint density at radius 3 is 2.82 bits per heavy atom. The van der Waals surface area contributed by atoms with E-state index >= 15 is 0 Å². The summed E-state index contributed by atoms with van der Waals surface area (Å²) in [5.41, 5.74) is 8.37. The quantitative estimate of drug-likeness (QED) is 0.440. The van der Waals surface area contributed by atoms with Gasteiger partial charge in [0.05, 0.1) is 18.5 Å². The Morgan fingerprint density at radius 2 is 2.27 bits per heavy atom. The number of hydrogen-bond acceptors (Lipinski definition) is 4. The van der Waals surface area contributed by atoms with Gasteiger partial charge in [-0.05, 0) is 12.1 Å². The lowest BCUT2D eigenvalue weighted by Crippen LogP contribution is -1.96. The number of ether oxygens (including phenoxy) is 1. The molecule has 0 fully saturated rings. The van der Waals surface area contributed by atoms with Crippen LogP contribution < -0.4 is 16.0 Å². The van der Waals surface area contributed by atoms with Crippen LogP contribution in [0.3, 0.4) is 0 Å². The van der Waals surface area contributed by atoms with E-state index in [0.717, 1.165) is 0 Å². The summed E-state index contributed by atoms with van der Waals surface area (Å²) in [6.45, 7) is 0. The summed E-state index contributed by atoms with van der Waals surface area (Å²) in [5.74, 6) is 0.649. The van der Waals surface area contributed by atoms with E-state index in [1.807, 2.05) is 5.48 Å². The van der Waals surface area contributed by atoms with Crippen molar-refractivity contribution in [3.05, 3.63) is 18.2 Å². The molecule has 4 N–H and O–H groups in total. The van der Waals surface area contributed by atoms with Crippen LogP contribution in [0.5, 0.6) is 5.75 Å². The van der Waals surface area contributed by atoms with Gasteiger partial charge >= 0.3 is 0 Å². The maximum Gasteiger partial charge on any atom is 0.121 e. The number of benzene rings is 1. The van der Waals surface area contributed by atoms with Crippen molar-refractivity contribution in [2.75, 3.05) is 18.3 Å². The lowest BCUT2D eigenvalue weighted by atomic mass is 10.2. The molecule has 0 amide bonds. The molecule has 0 aliphatic heterocycles. The Balaban J connectivity index is 3.02. The predicted molar refractivity (Wildman–Crippen MR) is 42.8 cm³/mol. The van der Waals surface area contributed by atoms with Crippen molar-refractivity contribution in [2.45, 2.75) is 0 Å². The molecule has 11 heavy (non-hydrogen) atoms. The fourth-order valence-corrected chi connectivity index (χ4v) is 0.759. The van der Waals surface area contributed by atoms with Gasteiger partial charge in [-0.2, -0.15) is 0 Å². The summed E-state index contributed by atoms with van der Waals surface area (Å²) >= 11 is 0. The third-order valence-electron chi connectivity index (χ3n) is 1.38. The van der Waals surface area contributed by atoms with Gasteiger partial charge in [-0.3, -0.25) is 10.7 Å². The summed E-state index contributed by atoms with van der Waals surface area (Å²) in [6, 6.07) is 4.98. The second-order valence-electron chi connectivity index (χ2n) is 2.06. The van der Waals surface area contributed by atoms with Gasteiger partial charge in [0.25, 0.3) is 0 Å². The van der Waals surface area contributed by atoms with Gasteiger partial charge in [0.2, 0.25) is 0 Å². The topological polar surface area (TPSA) is 67.5 Å². The molecule has 0 aliphatic rings. The average Bonchev–Trinajstić information content (AvgIpc) is 2.05. The summed E-state index contributed by atoms with van der Waals surface area (Å²) < 4.78 is 4.90. The van der Waals surface area contributed by atoms with Crippen molar-refractivity contribution in [3.8, 4) is 5.75 Å². The van der Waals surface area contributed by atoms with E-state index in [2.05, 4.69) is 0 Å². The molecule has 0 spiro atoms. The molecule has 0 atom stereocenters. The molecule has 0 aromatic heterocycles. The molecule has 4 heteroatoms. The van der Waals surface area contributed by atoms with Gasteiger partial charge in [0.15, 0.2) is 0 Å². The third kappa shape index (κ3) is 1.53. The lowest BCUT2D eigenvalue weighted by Gasteiger charge is -2.05. The van der Waals surface area contributed by atoms with E-state index in [0.29, 0.717) is 17.1 Å². The smallest absolute Gasteiger partial charge is 0.121 e. The Kier molecular flexibility index (Phi) is 2.18. The summed E-state index contributed by atoms with van der Waals surface area (Å²) in [7, 11) is 1.55. The number of anilines is 2. The van der Waals surface area contributed by atoms with E-state index in [4.69, 9.17) is 15.7 Å². The molecule has 0 radical (unpaired) electrons. The summed E-state index contributed by atoms with van der Waals surface area (Å²) in [4.78, 5) is 0. The molecule has 4 nitrogen and oxygen atoms in total. The molecule has 0 aliphatic carbocycles. The van der Waals surface area contributed by atoms with Crippen LogP contribution in [0.15, 0.2) is 18.2 Å². The molecule has 1 aromatic carbocycles. The number of rotatable bonds is 2. The maximum absolute atomic E-state index is 8.55. The molecule has 0 unspecified atom stereocenters. The molecule has 60 valence electrons. The largest absolute Gasteiger partial charge is 0.497 e. The van der Waals surface area contributed by atoms with Gasteiger partial charge in [-0.25, -0.2) is 0 Å². The normalized spacial score (nSPS) is 9.27. The highest BCUT2D eigenvalue weighted by Gasteiger charge is 1.98. The summed E-state index contributed by atoms with van der Waals surface area (Å²) in [5, 5.41) is 8.55. The van der Waals surface area contributed by atoms with Gasteiger partial charge in [0.1, 0.15) is 5.75 Å². The maximum atomic E-state index is 8.55. The highest BCUT2D eigenvalue weighted by molar-refractivity contribution is 5.66. The molecule has 0 heterocycles. The van der Waals surface area contributed by atoms with Crippen molar-refractivity contribution >= 4 is 11.4 Å². The Morgan fingerprint density at radius 1 is 1.55 bits per heavy atom. The SMILES string of the molecule is COc1ccc(N)c(NO)c1. The molecule has 0 saturated carbocycles. The first-order chi connectivity index (χ1) is 5.27. The highest BCUT2D eigenvalue weighted by atomic mass is 16.5. The Hall–Kier alpha value is -1.42. The van der Waals surface area contributed by atoms with Crippen molar-refractivity contribution in [1.82, 2.24) is 0 Å². The fraction of sp³-hybridized carbons (Fsp3) is 0.143. The van der Waals surface area contributed by atoms with E-state index in [-0.39, 0.29) is 0 Å². The van der Waals surface area contributed by atoms with E-state index in [1.54, 1.807) is 25.3 Å². The van der Waals surface area contributed by atoms with Gasteiger partial charge in [-0.1, -0.05) is 0 Å². The van der Waals surface area contributed by atoms with Crippen molar-refractivity contribution in [2.24, 2.45) is 0 Å². The van der Waals surface area contributed by atoms with Crippen LogP contribution in [0, 0.1) is 0 Å². The summed E-state index contributed by atoms with van der Waals surface area (Å²) in [6.07, 6.45) is 0. The molecule has 1 rings (SSSR count). The van der Waals surface area contributed by atoms with Gasteiger partial charge in [-0.15, -0.1) is 0 Å². The second-order valence-corrected chi connectivity index (χ2v) is 2.06. The Bertz CT molecular complexity index is 250. The number of methoxy groups -OCH3 is 1. The average molecular weight is 154 g/mol. The molecule has 1 aromatic rings. The van der Waals surface area contributed by atoms with Crippen molar-refractivity contribution < 1.29 is 9.94 Å². The minimum atomic E-state index is 0.448. The minimum Gasteiger partial charge on any atom is -0.497 e. The zero-order valence-electron chi connectivity index (χ0n) is 6.16. The predicted octanol–water partition coefficient (Wildman–Crippen LogP) is 1.08. The van der Waals surface area contributed by atoms with Crippen molar-refractivity contribution in [1.29, 1.82) is 0 Å². The van der Waals surface area contributed by atoms with Crippen molar-refractivity contribution in [3.63, 3.8) is 0 Å².